The molecular weight excluding hydrogens is 396 g/mol. The Labute approximate surface area is 172 Å². The van der Waals surface area contributed by atoms with Crippen molar-refractivity contribution < 1.29 is 27.0 Å². The zero-order valence-corrected chi connectivity index (χ0v) is 16.6. The Kier molecular flexibility index (Phi) is 5.41. The summed E-state index contributed by atoms with van der Waals surface area (Å²) >= 11 is 0. The maximum atomic E-state index is 15.3. The van der Waals surface area contributed by atoms with Crippen LogP contribution in [0.5, 0.6) is 17.2 Å². The van der Waals surface area contributed by atoms with E-state index in [9.17, 15) is 13.2 Å². The van der Waals surface area contributed by atoms with Gasteiger partial charge in [0.05, 0.1) is 6.61 Å². The van der Waals surface area contributed by atoms with Crippen molar-refractivity contribution in [3.63, 3.8) is 0 Å². The van der Waals surface area contributed by atoms with E-state index in [2.05, 4.69) is 0 Å². The molecule has 1 aliphatic heterocycles. The summed E-state index contributed by atoms with van der Waals surface area (Å²) in [6.45, 7) is 3.92. The van der Waals surface area contributed by atoms with Gasteiger partial charge in [-0.2, -0.15) is 4.39 Å². The van der Waals surface area contributed by atoms with E-state index < -0.39 is 23.3 Å². The maximum absolute atomic E-state index is 15.3. The molecule has 0 bridgehead atoms. The molecule has 0 unspecified atom stereocenters. The van der Waals surface area contributed by atoms with E-state index in [0.29, 0.717) is 30.6 Å². The van der Waals surface area contributed by atoms with Crippen LogP contribution in [-0.2, 0) is 12.8 Å². The van der Waals surface area contributed by atoms with E-state index in [4.69, 9.17) is 9.47 Å². The Morgan fingerprint density at radius 1 is 0.867 bits per heavy atom. The highest BCUT2D eigenvalue weighted by Gasteiger charge is 2.28. The molecule has 3 aromatic rings. The van der Waals surface area contributed by atoms with E-state index in [0.717, 1.165) is 0 Å². The lowest BCUT2D eigenvalue weighted by Crippen LogP contribution is -2.10. The summed E-state index contributed by atoms with van der Waals surface area (Å²) in [5.74, 6) is -3.84. The van der Waals surface area contributed by atoms with Gasteiger partial charge in [-0.05, 0) is 42.7 Å². The van der Waals surface area contributed by atoms with Gasteiger partial charge in [0.2, 0.25) is 5.82 Å². The number of aryl methyl sites for hydroxylation is 1. The van der Waals surface area contributed by atoms with Gasteiger partial charge < -0.3 is 9.47 Å². The fourth-order valence-corrected chi connectivity index (χ4v) is 3.73. The molecular formula is C24H20F4O2. The second-order valence-corrected chi connectivity index (χ2v) is 7.17. The normalized spacial score (nSPS) is 12.2. The van der Waals surface area contributed by atoms with Crippen molar-refractivity contribution >= 4 is 0 Å². The van der Waals surface area contributed by atoms with Crippen LogP contribution in [0.3, 0.4) is 0 Å². The minimum atomic E-state index is -1.11. The molecule has 0 N–H and O–H groups in total. The second kappa shape index (κ2) is 8.01. The Balaban J connectivity index is 1.75. The number of hydrogen-bond donors (Lipinski definition) is 0. The average molecular weight is 416 g/mol. The first kappa shape index (κ1) is 20.3. The second-order valence-electron chi connectivity index (χ2n) is 7.17. The molecule has 1 aliphatic rings. The highest BCUT2D eigenvalue weighted by molar-refractivity contribution is 5.69. The third-order valence-electron chi connectivity index (χ3n) is 5.14. The van der Waals surface area contributed by atoms with Crippen LogP contribution in [0.4, 0.5) is 17.6 Å². The zero-order valence-electron chi connectivity index (χ0n) is 16.6. The van der Waals surface area contributed by atoms with Gasteiger partial charge in [0.15, 0.2) is 34.7 Å². The first-order chi connectivity index (χ1) is 14.4. The highest BCUT2D eigenvalue weighted by atomic mass is 19.2. The number of fused-ring (bicyclic) bond motifs is 2. The van der Waals surface area contributed by atoms with Crippen LogP contribution in [0, 0.1) is 23.3 Å². The van der Waals surface area contributed by atoms with Gasteiger partial charge in [-0.25, -0.2) is 13.2 Å². The van der Waals surface area contributed by atoms with Gasteiger partial charge >= 0.3 is 0 Å². The van der Waals surface area contributed by atoms with Crippen LogP contribution >= 0.6 is 0 Å². The highest BCUT2D eigenvalue weighted by Crippen LogP contribution is 2.44. The number of benzene rings is 3. The molecule has 2 nitrogen and oxygen atoms in total. The number of ether oxygens (including phenoxy) is 2. The standard InChI is InChI=1S/C24H20F4O2/c1-3-5-14-10-16-11-15-6-8-17(13-7-9-19(29-4-2)18(25)12-13)21(27)23(15)30-24(16)22(28)20(14)26/h6-10,12H,3-5,11H2,1-2H3. The van der Waals surface area contributed by atoms with Gasteiger partial charge in [-0.15, -0.1) is 0 Å². The lowest BCUT2D eigenvalue weighted by atomic mass is 9.94. The molecule has 30 heavy (non-hydrogen) atoms. The molecule has 0 amide bonds. The Bertz CT molecular complexity index is 1120. The van der Waals surface area contributed by atoms with Crippen molar-refractivity contribution in [3.05, 3.63) is 76.4 Å². The predicted octanol–water partition coefficient (Wildman–Crippen LogP) is 6.96. The summed E-state index contributed by atoms with van der Waals surface area (Å²) in [7, 11) is 0. The van der Waals surface area contributed by atoms with Crippen LogP contribution in [-0.4, -0.2) is 6.61 Å². The van der Waals surface area contributed by atoms with Crippen molar-refractivity contribution in [1.82, 2.24) is 0 Å². The van der Waals surface area contributed by atoms with Crippen LogP contribution in [0.15, 0.2) is 36.4 Å². The first-order valence-corrected chi connectivity index (χ1v) is 9.86. The molecule has 0 spiro atoms. The Hall–Kier alpha value is -3.02. The summed E-state index contributed by atoms with van der Waals surface area (Å²) in [5.41, 5.74) is 1.66. The van der Waals surface area contributed by atoms with Crippen LogP contribution in [0.1, 0.15) is 37.0 Å². The van der Waals surface area contributed by atoms with E-state index >= 15 is 4.39 Å². The average Bonchev–Trinajstić information content (AvgIpc) is 2.73. The van der Waals surface area contributed by atoms with Gasteiger partial charge in [0.25, 0.3) is 0 Å². The summed E-state index contributed by atoms with van der Waals surface area (Å²) in [6, 6.07) is 8.90. The van der Waals surface area contributed by atoms with E-state index in [1.807, 2.05) is 6.92 Å². The molecule has 0 radical (unpaired) electrons. The van der Waals surface area contributed by atoms with Crippen LogP contribution in [0.2, 0.25) is 0 Å². The third-order valence-corrected chi connectivity index (χ3v) is 5.14. The Morgan fingerprint density at radius 2 is 1.63 bits per heavy atom. The number of rotatable bonds is 5. The lowest BCUT2D eigenvalue weighted by Gasteiger charge is -2.23. The third kappa shape index (κ3) is 3.40. The number of hydrogen-bond acceptors (Lipinski definition) is 2. The molecule has 0 aliphatic carbocycles. The fourth-order valence-electron chi connectivity index (χ4n) is 3.73. The topological polar surface area (TPSA) is 18.5 Å². The first-order valence-electron chi connectivity index (χ1n) is 9.86. The fraction of sp³-hybridized carbons (Fsp3) is 0.250. The quantitative estimate of drug-likeness (QED) is 0.328. The van der Waals surface area contributed by atoms with Crippen molar-refractivity contribution in [2.75, 3.05) is 6.61 Å². The SMILES string of the molecule is CCCc1cc2c(c(F)c1F)Oc1c(ccc(-c3ccc(OCC)c(F)c3)c1F)C2. The monoisotopic (exact) mass is 416 g/mol. The summed E-state index contributed by atoms with van der Waals surface area (Å²) in [5, 5.41) is 0. The zero-order chi connectivity index (χ0) is 21.4. The summed E-state index contributed by atoms with van der Waals surface area (Å²) < 4.78 is 69.1. The molecule has 3 aromatic carbocycles. The van der Waals surface area contributed by atoms with Crippen LogP contribution < -0.4 is 9.47 Å². The van der Waals surface area contributed by atoms with E-state index in [1.54, 1.807) is 19.1 Å². The smallest absolute Gasteiger partial charge is 0.201 e. The van der Waals surface area contributed by atoms with Crippen molar-refractivity contribution in [2.45, 2.75) is 33.1 Å². The van der Waals surface area contributed by atoms with Crippen molar-refractivity contribution in [3.8, 4) is 28.4 Å². The van der Waals surface area contributed by atoms with Crippen LogP contribution in [0.25, 0.3) is 11.1 Å². The summed E-state index contributed by atoms with van der Waals surface area (Å²) in [6.07, 6.45) is 1.29. The minimum Gasteiger partial charge on any atom is -0.491 e. The molecule has 156 valence electrons. The molecule has 4 rings (SSSR count). The Morgan fingerprint density at radius 3 is 2.33 bits per heavy atom. The van der Waals surface area contributed by atoms with Gasteiger partial charge in [-0.3, -0.25) is 0 Å². The predicted molar refractivity (Wildman–Crippen MR) is 106 cm³/mol. The van der Waals surface area contributed by atoms with Gasteiger partial charge in [0.1, 0.15) is 0 Å². The largest absolute Gasteiger partial charge is 0.491 e. The van der Waals surface area contributed by atoms with Crippen molar-refractivity contribution in [2.24, 2.45) is 0 Å². The molecule has 0 aromatic heterocycles. The van der Waals surface area contributed by atoms with E-state index in [1.165, 1.54) is 24.3 Å². The summed E-state index contributed by atoms with van der Waals surface area (Å²) in [4.78, 5) is 0. The lowest BCUT2D eigenvalue weighted by molar-refractivity contribution is 0.321. The van der Waals surface area contributed by atoms with Crippen molar-refractivity contribution in [1.29, 1.82) is 0 Å². The molecule has 0 saturated heterocycles. The minimum absolute atomic E-state index is 0.0743. The van der Waals surface area contributed by atoms with Gasteiger partial charge in [-0.1, -0.05) is 31.5 Å². The molecule has 0 atom stereocenters. The van der Waals surface area contributed by atoms with E-state index in [-0.39, 0.29) is 40.4 Å². The molecule has 1 heterocycles. The maximum Gasteiger partial charge on any atom is 0.201 e. The molecule has 0 saturated carbocycles. The molecule has 6 heteroatoms. The molecule has 0 fully saturated rings. The van der Waals surface area contributed by atoms with Gasteiger partial charge in [0, 0.05) is 23.1 Å². The number of halogens is 4.